The van der Waals surface area contributed by atoms with Gasteiger partial charge in [-0.25, -0.2) is 0 Å². The molecule has 3 aromatic carbocycles. The molecule has 0 bridgehead atoms. The van der Waals surface area contributed by atoms with Crippen molar-refractivity contribution in [1.29, 1.82) is 0 Å². The van der Waals surface area contributed by atoms with Crippen molar-refractivity contribution >= 4 is 34.8 Å². The first-order valence-electron chi connectivity index (χ1n) is 10.7. The molecule has 6 rings (SSSR count). The van der Waals surface area contributed by atoms with Crippen molar-refractivity contribution in [3.8, 4) is 0 Å². The minimum absolute atomic E-state index is 0.742. The minimum atomic E-state index is 0.742. The zero-order valence-electron chi connectivity index (χ0n) is 17.1. The van der Waals surface area contributed by atoms with E-state index in [4.69, 9.17) is 9.52 Å². The Morgan fingerprint density at radius 3 is 2.06 bits per heavy atom. The number of anilines is 2. The number of benzene rings is 3. The van der Waals surface area contributed by atoms with Crippen molar-refractivity contribution in [2.24, 2.45) is 10.2 Å². The van der Waals surface area contributed by atoms with E-state index >= 15 is 0 Å². The third-order valence-corrected chi connectivity index (χ3v) is 5.98. The Morgan fingerprint density at radius 1 is 0.710 bits per heavy atom. The monoisotopic (exact) mass is 406 g/mol. The highest BCUT2D eigenvalue weighted by Crippen LogP contribution is 2.29. The first-order chi connectivity index (χ1) is 15.3. The molecule has 3 heterocycles. The van der Waals surface area contributed by atoms with Crippen LogP contribution in [-0.4, -0.2) is 25.5 Å². The molecule has 31 heavy (non-hydrogen) atoms. The van der Waals surface area contributed by atoms with Gasteiger partial charge < -0.3 is 4.42 Å². The zero-order valence-corrected chi connectivity index (χ0v) is 17.1. The molecule has 0 radical (unpaired) electrons. The fraction of sp³-hybridized carbons (Fsp3) is 0.154. The predicted octanol–water partition coefficient (Wildman–Crippen LogP) is 5.23. The summed E-state index contributed by atoms with van der Waals surface area (Å²) < 4.78 is 6.15. The number of hydrazone groups is 2. The summed E-state index contributed by atoms with van der Waals surface area (Å²) in [5.74, 6) is 0.742. The summed E-state index contributed by atoms with van der Waals surface area (Å²) in [6.45, 7) is 1.80. The average Bonchev–Trinajstić information content (AvgIpc) is 3.52. The van der Waals surface area contributed by atoms with Gasteiger partial charge in [-0.3, -0.25) is 10.0 Å². The Labute approximate surface area is 180 Å². The smallest absolute Gasteiger partial charge is 0.148 e. The fourth-order valence-corrected chi connectivity index (χ4v) is 4.41. The topological polar surface area (TPSA) is 44.3 Å². The zero-order chi connectivity index (χ0) is 20.6. The summed E-state index contributed by atoms with van der Waals surface area (Å²) in [5, 5.41) is 14.5. The lowest BCUT2D eigenvalue weighted by Crippen LogP contribution is -2.12. The van der Waals surface area contributed by atoms with E-state index in [1.165, 1.54) is 22.5 Å². The van der Waals surface area contributed by atoms with Crippen molar-refractivity contribution in [3.05, 3.63) is 95.2 Å². The lowest BCUT2D eigenvalue weighted by molar-refractivity contribution is 0.606. The van der Waals surface area contributed by atoms with Gasteiger partial charge in [0, 0.05) is 24.0 Å². The van der Waals surface area contributed by atoms with E-state index in [0.717, 1.165) is 48.2 Å². The number of rotatable bonds is 4. The third kappa shape index (κ3) is 3.28. The molecule has 2 aliphatic heterocycles. The van der Waals surface area contributed by atoms with Gasteiger partial charge in [0.2, 0.25) is 0 Å². The van der Waals surface area contributed by atoms with Gasteiger partial charge in [-0.15, -0.1) is 0 Å². The second-order valence-corrected chi connectivity index (χ2v) is 7.91. The van der Waals surface area contributed by atoms with Crippen molar-refractivity contribution in [2.45, 2.75) is 12.8 Å². The molecule has 0 saturated heterocycles. The van der Waals surface area contributed by atoms with Crippen LogP contribution in [0.4, 0.5) is 11.4 Å². The average molecular weight is 406 g/mol. The molecular formula is C26H22N4O. The molecule has 5 nitrogen and oxygen atoms in total. The van der Waals surface area contributed by atoms with Crippen LogP contribution >= 0.6 is 0 Å². The fourth-order valence-electron chi connectivity index (χ4n) is 4.41. The first-order valence-corrected chi connectivity index (χ1v) is 10.7. The van der Waals surface area contributed by atoms with Crippen molar-refractivity contribution in [1.82, 2.24) is 0 Å². The molecule has 1 aromatic heterocycles. The van der Waals surface area contributed by atoms with Crippen LogP contribution in [0, 0.1) is 0 Å². The normalized spacial score (nSPS) is 15.5. The van der Waals surface area contributed by atoms with Crippen LogP contribution in [0.5, 0.6) is 0 Å². The van der Waals surface area contributed by atoms with Crippen molar-refractivity contribution in [2.75, 3.05) is 23.1 Å². The van der Waals surface area contributed by atoms with E-state index in [9.17, 15) is 0 Å². The van der Waals surface area contributed by atoms with Crippen LogP contribution in [0.15, 0.2) is 87.4 Å². The van der Waals surface area contributed by atoms with Crippen LogP contribution < -0.4 is 10.0 Å². The summed E-state index contributed by atoms with van der Waals surface area (Å²) in [4.78, 5) is 0. The molecule has 0 aliphatic carbocycles. The molecule has 0 fully saturated rings. The second-order valence-electron chi connectivity index (χ2n) is 7.91. The van der Waals surface area contributed by atoms with Crippen molar-refractivity contribution < 1.29 is 4.42 Å². The van der Waals surface area contributed by atoms with Gasteiger partial charge in [0.25, 0.3) is 0 Å². The molecular weight excluding hydrogens is 384 g/mol. The van der Waals surface area contributed by atoms with E-state index < -0.39 is 0 Å². The highest BCUT2D eigenvalue weighted by molar-refractivity contribution is 5.99. The summed E-state index contributed by atoms with van der Waals surface area (Å²) in [7, 11) is 0. The molecule has 152 valence electrons. The Bertz CT molecular complexity index is 1320. The van der Waals surface area contributed by atoms with E-state index in [2.05, 4.69) is 64.7 Å². The number of hydrogen-bond acceptors (Lipinski definition) is 5. The molecule has 5 heteroatoms. The summed E-state index contributed by atoms with van der Waals surface area (Å²) in [6.07, 6.45) is 5.75. The highest BCUT2D eigenvalue weighted by Gasteiger charge is 2.18. The molecule has 0 atom stereocenters. The highest BCUT2D eigenvalue weighted by atomic mass is 16.3. The minimum Gasteiger partial charge on any atom is -0.454 e. The Balaban J connectivity index is 1.26. The van der Waals surface area contributed by atoms with Gasteiger partial charge >= 0.3 is 0 Å². The van der Waals surface area contributed by atoms with Gasteiger partial charge in [0.1, 0.15) is 11.3 Å². The van der Waals surface area contributed by atoms with Crippen LogP contribution in [0.1, 0.15) is 22.5 Å². The molecule has 0 N–H and O–H groups in total. The van der Waals surface area contributed by atoms with Crippen LogP contribution in [0.25, 0.3) is 11.0 Å². The van der Waals surface area contributed by atoms with Gasteiger partial charge in [-0.05, 0) is 48.2 Å². The third-order valence-electron chi connectivity index (χ3n) is 5.98. The number of fused-ring (bicyclic) bond motifs is 3. The van der Waals surface area contributed by atoms with Crippen LogP contribution in [-0.2, 0) is 12.8 Å². The standard InChI is InChI=1S/C26H22N4O/c1-3-10-24-19(6-1)12-14-29(24)27-17-22-9-5-8-21-16-23(31-26(21)22)18-28-30-15-13-20-7-2-4-11-25(20)30/h1-11,16-18H,12-15H2. The molecule has 2 aliphatic rings. The number of nitrogens with zero attached hydrogens (tertiary/aromatic N) is 4. The first kappa shape index (κ1) is 18.0. The van der Waals surface area contributed by atoms with E-state index in [0.29, 0.717) is 0 Å². The quantitative estimate of drug-likeness (QED) is 0.436. The number of hydrogen-bond donors (Lipinski definition) is 0. The van der Waals surface area contributed by atoms with Gasteiger partial charge in [0.15, 0.2) is 0 Å². The predicted molar refractivity (Wildman–Crippen MR) is 126 cm³/mol. The summed E-state index contributed by atoms with van der Waals surface area (Å²) in [6, 6.07) is 25.0. The summed E-state index contributed by atoms with van der Waals surface area (Å²) >= 11 is 0. The maximum atomic E-state index is 6.15. The maximum Gasteiger partial charge on any atom is 0.148 e. The summed E-state index contributed by atoms with van der Waals surface area (Å²) in [5.41, 5.74) is 6.84. The van der Waals surface area contributed by atoms with Crippen LogP contribution in [0.3, 0.4) is 0 Å². The lowest BCUT2D eigenvalue weighted by Gasteiger charge is -2.12. The molecule has 0 saturated carbocycles. The van der Waals surface area contributed by atoms with Crippen molar-refractivity contribution in [3.63, 3.8) is 0 Å². The van der Waals surface area contributed by atoms with E-state index in [1.807, 2.05) is 29.4 Å². The van der Waals surface area contributed by atoms with Gasteiger partial charge in [-0.1, -0.05) is 48.5 Å². The molecule has 4 aromatic rings. The largest absolute Gasteiger partial charge is 0.454 e. The van der Waals surface area contributed by atoms with E-state index in [-0.39, 0.29) is 0 Å². The van der Waals surface area contributed by atoms with Gasteiger partial charge in [-0.2, -0.15) is 10.2 Å². The molecule has 0 amide bonds. The Kier molecular flexibility index (Phi) is 4.31. The second kappa shape index (κ2) is 7.43. The Hall–Kier alpha value is -3.86. The SMILES string of the molecule is C(=NN1CCc2ccccc21)c1cc2cccc(C=NN3CCc4ccccc43)c2o1. The Morgan fingerprint density at radius 2 is 1.35 bits per heavy atom. The molecule has 0 spiro atoms. The molecule has 0 unspecified atom stereocenters. The van der Waals surface area contributed by atoms with E-state index in [1.54, 1.807) is 6.21 Å². The lowest BCUT2D eigenvalue weighted by atomic mass is 10.2. The maximum absolute atomic E-state index is 6.15. The van der Waals surface area contributed by atoms with Gasteiger partial charge in [0.05, 0.1) is 23.8 Å². The number of para-hydroxylation sites is 3. The number of furan rings is 1. The van der Waals surface area contributed by atoms with Crippen LogP contribution in [0.2, 0.25) is 0 Å².